The molecule has 0 saturated carbocycles. The smallest absolute Gasteiger partial charge is 0.411 e. The maximum absolute atomic E-state index is 11.9. The molecular formula is C12H18F3NO3. The topological polar surface area (TPSA) is 49.8 Å². The van der Waals surface area contributed by atoms with E-state index in [4.69, 9.17) is 5.11 Å². The molecule has 0 amide bonds. The molecule has 1 N–H and O–H groups in total. The molecule has 3 unspecified atom stereocenters. The molecule has 0 aliphatic carbocycles. The van der Waals surface area contributed by atoms with Crippen molar-refractivity contribution in [2.45, 2.75) is 43.9 Å². The number of carboxylic acid groups (broad SMARTS) is 1. The summed E-state index contributed by atoms with van der Waals surface area (Å²) in [5.74, 6) is -1.07. The van der Waals surface area contributed by atoms with Crippen LogP contribution >= 0.6 is 0 Å². The molecule has 2 fully saturated rings. The minimum absolute atomic E-state index is 0.0603. The second kappa shape index (κ2) is 5.66. The van der Waals surface area contributed by atoms with Crippen molar-refractivity contribution in [1.82, 2.24) is 4.90 Å². The Labute approximate surface area is 109 Å². The highest BCUT2D eigenvalue weighted by Crippen LogP contribution is 2.41. The summed E-state index contributed by atoms with van der Waals surface area (Å²) in [6.45, 7) is -0.526. The lowest BCUT2D eigenvalue weighted by Gasteiger charge is -2.22. The van der Waals surface area contributed by atoms with Crippen molar-refractivity contribution in [3.8, 4) is 0 Å². The van der Waals surface area contributed by atoms with Gasteiger partial charge < -0.3 is 9.84 Å². The zero-order valence-corrected chi connectivity index (χ0v) is 10.5. The summed E-state index contributed by atoms with van der Waals surface area (Å²) in [6.07, 6.45) is -1.22. The van der Waals surface area contributed by atoms with Crippen molar-refractivity contribution in [2.75, 3.05) is 19.8 Å². The van der Waals surface area contributed by atoms with Crippen LogP contribution in [0.4, 0.5) is 13.2 Å². The molecule has 2 heterocycles. The minimum Gasteiger partial charge on any atom is -0.481 e. The van der Waals surface area contributed by atoms with E-state index in [0.29, 0.717) is 19.4 Å². The van der Waals surface area contributed by atoms with E-state index in [0.717, 1.165) is 12.8 Å². The van der Waals surface area contributed by atoms with Crippen molar-refractivity contribution < 1.29 is 27.8 Å². The van der Waals surface area contributed by atoms with Gasteiger partial charge in [0.2, 0.25) is 0 Å². The van der Waals surface area contributed by atoms with Gasteiger partial charge in [0.05, 0.1) is 5.92 Å². The highest BCUT2D eigenvalue weighted by molar-refractivity contribution is 5.71. The van der Waals surface area contributed by atoms with Gasteiger partial charge in [-0.1, -0.05) is 0 Å². The number of carbonyl (C=O) groups is 1. The number of hydrogen-bond acceptors (Lipinski definition) is 3. The zero-order chi connectivity index (χ0) is 14.0. The molecule has 0 aromatic heterocycles. The summed E-state index contributed by atoms with van der Waals surface area (Å²) in [6, 6.07) is 0.346. The Morgan fingerprint density at radius 3 is 2.68 bits per heavy atom. The van der Waals surface area contributed by atoms with Crippen LogP contribution in [0, 0.1) is 5.92 Å². The minimum atomic E-state index is -4.28. The molecular weight excluding hydrogens is 263 g/mol. The Bertz CT molecular complexity index is 335. The maximum Gasteiger partial charge on any atom is 0.411 e. The van der Waals surface area contributed by atoms with Crippen LogP contribution in [0.1, 0.15) is 25.7 Å². The summed E-state index contributed by atoms with van der Waals surface area (Å²) < 4.78 is 40.1. The van der Waals surface area contributed by atoms with Gasteiger partial charge in [-0.15, -0.1) is 0 Å². The van der Waals surface area contributed by atoms with Gasteiger partial charge in [-0.3, -0.25) is 9.69 Å². The monoisotopic (exact) mass is 281 g/mol. The van der Waals surface area contributed by atoms with E-state index in [1.807, 2.05) is 0 Å². The third kappa shape index (κ3) is 3.60. The van der Waals surface area contributed by atoms with E-state index < -0.39 is 18.8 Å². The molecule has 19 heavy (non-hydrogen) atoms. The molecule has 2 rings (SSSR count). The van der Waals surface area contributed by atoms with Gasteiger partial charge in [0.15, 0.2) is 0 Å². The van der Waals surface area contributed by atoms with Crippen LogP contribution in [-0.2, 0) is 9.53 Å². The molecule has 0 spiro atoms. The van der Waals surface area contributed by atoms with Gasteiger partial charge in [-0.05, 0) is 25.7 Å². The van der Waals surface area contributed by atoms with Crippen LogP contribution in [0.15, 0.2) is 0 Å². The van der Waals surface area contributed by atoms with Crippen LogP contribution < -0.4 is 0 Å². The third-order valence-corrected chi connectivity index (χ3v) is 3.97. The highest BCUT2D eigenvalue weighted by atomic mass is 19.4. The fourth-order valence-corrected chi connectivity index (χ4v) is 3.25. The van der Waals surface area contributed by atoms with Gasteiger partial charge in [0.1, 0.15) is 6.61 Å². The quantitative estimate of drug-likeness (QED) is 0.755. The van der Waals surface area contributed by atoms with Crippen molar-refractivity contribution >= 4 is 5.97 Å². The molecule has 0 aromatic rings. The first-order chi connectivity index (χ1) is 8.88. The maximum atomic E-state index is 11.9. The molecule has 3 atom stereocenters. The summed E-state index contributed by atoms with van der Waals surface area (Å²) in [7, 11) is 0. The third-order valence-electron chi connectivity index (χ3n) is 3.97. The second-order valence-electron chi connectivity index (χ2n) is 5.24. The molecule has 0 aromatic carbocycles. The van der Waals surface area contributed by atoms with E-state index in [-0.39, 0.29) is 24.6 Å². The number of rotatable bonds is 6. The highest BCUT2D eigenvalue weighted by Gasteiger charge is 2.48. The number of ether oxygens (including phenoxy) is 1. The van der Waals surface area contributed by atoms with Crippen LogP contribution in [0.3, 0.4) is 0 Å². The number of aliphatic carboxylic acids is 1. The summed E-state index contributed by atoms with van der Waals surface area (Å²) >= 11 is 0. The summed E-state index contributed by atoms with van der Waals surface area (Å²) in [4.78, 5) is 13.2. The summed E-state index contributed by atoms with van der Waals surface area (Å²) in [5.41, 5.74) is 0. The SMILES string of the molecule is O=C(O)C1CC2CCC1N2CCCOCC(F)(F)F. The average Bonchev–Trinajstić information content (AvgIpc) is 2.84. The first kappa shape index (κ1) is 14.6. The van der Waals surface area contributed by atoms with Gasteiger partial charge >= 0.3 is 12.1 Å². The molecule has 2 saturated heterocycles. The zero-order valence-electron chi connectivity index (χ0n) is 10.5. The first-order valence-electron chi connectivity index (χ1n) is 6.51. The van der Waals surface area contributed by atoms with E-state index in [1.54, 1.807) is 0 Å². The Balaban J connectivity index is 1.69. The number of fused-ring (bicyclic) bond motifs is 2. The normalized spacial score (nSPS) is 31.0. The molecule has 7 heteroatoms. The van der Waals surface area contributed by atoms with Crippen molar-refractivity contribution in [1.29, 1.82) is 0 Å². The Kier molecular flexibility index (Phi) is 4.35. The number of hydrogen-bond donors (Lipinski definition) is 1. The van der Waals surface area contributed by atoms with Crippen molar-refractivity contribution in [3.63, 3.8) is 0 Å². The number of alkyl halides is 3. The molecule has 2 aliphatic heterocycles. The van der Waals surface area contributed by atoms with Gasteiger partial charge in [0, 0.05) is 25.2 Å². The number of halogens is 3. The second-order valence-corrected chi connectivity index (χ2v) is 5.24. The van der Waals surface area contributed by atoms with E-state index in [1.165, 1.54) is 0 Å². The lowest BCUT2D eigenvalue weighted by atomic mass is 9.89. The molecule has 4 nitrogen and oxygen atoms in total. The van der Waals surface area contributed by atoms with E-state index in [9.17, 15) is 18.0 Å². The largest absolute Gasteiger partial charge is 0.481 e. The number of nitrogens with zero attached hydrogens (tertiary/aromatic N) is 1. The first-order valence-corrected chi connectivity index (χ1v) is 6.51. The fourth-order valence-electron chi connectivity index (χ4n) is 3.25. The van der Waals surface area contributed by atoms with Crippen molar-refractivity contribution in [3.05, 3.63) is 0 Å². The Hall–Kier alpha value is -0.820. The predicted molar refractivity (Wildman–Crippen MR) is 60.7 cm³/mol. The van der Waals surface area contributed by atoms with Gasteiger partial charge in [-0.25, -0.2) is 0 Å². The molecule has 110 valence electrons. The van der Waals surface area contributed by atoms with Crippen LogP contribution in [0.5, 0.6) is 0 Å². The number of carboxylic acids is 1. The van der Waals surface area contributed by atoms with Crippen LogP contribution in [0.25, 0.3) is 0 Å². The lowest BCUT2D eigenvalue weighted by Crippen LogP contribution is -2.34. The Morgan fingerprint density at radius 2 is 2.11 bits per heavy atom. The molecule has 0 radical (unpaired) electrons. The summed E-state index contributed by atoms with van der Waals surface area (Å²) in [5, 5.41) is 9.08. The van der Waals surface area contributed by atoms with E-state index in [2.05, 4.69) is 9.64 Å². The fraction of sp³-hybridized carbons (Fsp3) is 0.917. The van der Waals surface area contributed by atoms with E-state index >= 15 is 0 Å². The standard InChI is InChI=1S/C12H18F3NO3/c13-12(14,15)7-19-5-1-4-16-8-2-3-10(16)9(6-8)11(17)18/h8-10H,1-7H2,(H,17,18). The molecule has 2 bridgehead atoms. The lowest BCUT2D eigenvalue weighted by molar-refractivity contribution is -0.174. The van der Waals surface area contributed by atoms with Crippen molar-refractivity contribution in [2.24, 2.45) is 5.92 Å². The average molecular weight is 281 g/mol. The predicted octanol–water partition coefficient (Wildman–Crippen LogP) is 1.89. The Morgan fingerprint density at radius 1 is 1.37 bits per heavy atom. The van der Waals surface area contributed by atoms with Crippen LogP contribution in [-0.4, -0.2) is 54.0 Å². The van der Waals surface area contributed by atoms with Crippen LogP contribution in [0.2, 0.25) is 0 Å². The van der Waals surface area contributed by atoms with Gasteiger partial charge in [0.25, 0.3) is 0 Å². The molecule has 2 aliphatic rings. The van der Waals surface area contributed by atoms with Gasteiger partial charge in [-0.2, -0.15) is 13.2 Å².